The number of thiophene rings is 1. The van der Waals surface area contributed by atoms with Crippen molar-refractivity contribution in [2.24, 2.45) is 0 Å². The first-order valence-corrected chi connectivity index (χ1v) is 22.3. The molecule has 0 atom stereocenters. The van der Waals surface area contributed by atoms with Gasteiger partial charge in [-0.05, 0) is 70.4 Å². The van der Waals surface area contributed by atoms with Gasteiger partial charge in [0.25, 0.3) is 0 Å². The monoisotopic (exact) mass is 833 g/mol. The minimum Gasteiger partial charge on any atom is -0.309 e. The van der Waals surface area contributed by atoms with E-state index in [2.05, 4.69) is 187 Å². The molecule has 0 spiro atoms. The van der Waals surface area contributed by atoms with Crippen LogP contribution in [0.3, 0.4) is 0 Å². The van der Waals surface area contributed by atoms with Crippen molar-refractivity contribution in [1.29, 1.82) is 0 Å². The summed E-state index contributed by atoms with van der Waals surface area (Å²) in [7, 11) is 0. The van der Waals surface area contributed by atoms with Gasteiger partial charge in [-0.1, -0.05) is 164 Å². The summed E-state index contributed by atoms with van der Waals surface area (Å²) in [5.41, 5.74) is 11.5. The first kappa shape index (κ1) is 36.3. The lowest BCUT2D eigenvalue weighted by atomic mass is 9.97. The minimum atomic E-state index is 0.619. The molecule has 0 fully saturated rings. The van der Waals surface area contributed by atoms with Crippen molar-refractivity contribution in [3.05, 3.63) is 212 Å². The van der Waals surface area contributed by atoms with Crippen LogP contribution < -0.4 is 0 Å². The Morgan fingerprint density at radius 2 is 0.891 bits per heavy atom. The Labute approximate surface area is 372 Å². The Balaban J connectivity index is 0.897. The third-order valence-electron chi connectivity index (χ3n) is 12.5. The fourth-order valence-electron chi connectivity index (χ4n) is 9.40. The lowest BCUT2D eigenvalue weighted by Gasteiger charge is -2.12. The summed E-state index contributed by atoms with van der Waals surface area (Å²) >= 11 is 1.83. The Hall–Kier alpha value is -8.32. The molecule has 4 heterocycles. The normalized spacial score (nSPS) is 11.8. The van der Waals surface area contributed by atoms with E-state index in [-0.39, 0.29) is 0 Å². The van der Waals surface area contributed by atoms with Crippen LogP contribution >= 0.6 is 11.3 Å². The number of fused-ring (bicyclic) bond motifs is 9. The van der Waals surface area contributed by atoms with Crippen molar-refractivity contribution in [3.8, 4) is 62.2 Å². The zero-order valence-electron chi connectivity index (χ0n) is 34.4. The molecule has 0 aliphatic rings. The average molecular weight is 834 g/mol. The molecule has 0 radical (unpaired) electrons. The highest BCUT2D eigenvalue weighted by atomic mass is 32.1. The van der Waals surface area contributed by atoms with E-state index < -0.39 is 0 Å². The smallest absolute Gasteiger partial charge is 0.164 e. The van der Waals surface area contributed by atoms with E-state index in [9.17, 15) is 0 Å². The molecule has 0 N–H and O–H groups in total. The Bertz CT molecular complexity index is 3890. The van der Waals surface area contributed by atoms with Gasteiger partial charge in [0, 0.05) is 59.6 Å². The molecule has 13 aromatic rings. The molecule has 0 bridgehead atoms. The molecule has 64 heavy (non-hydrogen) atoms. The van der Waals surface area contributed by atoms with Crippen LogP contribution in [-0.4, -0.2) is 24.5 Å². The number of para-hydroxylation sites is 2. The van der Waals surface area contributed by atoms with Crippen LogP contribution in [0.15, 0.2) is 212 Å². The van der Waals surface area contributed by atoms with Crippen LogP contribution in [0.4, 0.5) is 0 Å². The van der Waals surface area contributed by atoms with Crippen LogP contribution in [0, 0.1) is 0 Å². The number of pyridine rings is 1. The maximum absolute atomic E-state index is 5.48. The highest BCUT2D eigenvalue weighted by Crippen LogP contribution is 2.45. The van der Waals surface area contributed by atoms with Crippen molar-refractivity contribution in [2.45, 2.75) is 0 Å². The highest BCUT2D eigenvalue weighted by Gasteiger charge is 2.19. The number of nitrogens with zero attached hydrogens (tertiary/aromatic N) is 5. The minimum absolute atomic E-state index is 0.619. The molecular formula is C58H35N5S. The average Bonchev–Trinajstić information content (AvgIpc) is 3.93. The zero-order valence-corrected chi connectivity index (χ0v) is 35.2. The van der Waals surface area contributed by atoms with Gasteiger partial charge in [0.1, 0.15) is 0 Å². The number of hydrogen-bond acceptors (Lipinski definition) is 5. The topological polar surface area (TPSA) is 56.5 Å². The second-order valence-corrected chi connectivity index (χ2v) is 17.2. The largest absolute Gasteiger partial charge is 0.309 e. The van der Waals surface area contributed by atoms with E-state index in [4.69, 9.17) is 19.9 Å². The van der Waals surface area contributed by atoms with Crippen LogP contribution in [0.2, 0.25) is 0 Å². The van der Waals surface area contributed by atoms with Crippen molar-refractivity contribution in [1.82, 2.24) is 24.5 Å². The summed E-state index contributed by atoms with van der Waals surface area (Å²) in [4.78, 5) is 20.7. The zero-order chi connectivity index (χ0) is 42.1. The summed E-state index contributed by atoms with van der Waals surface area (Å²) in [5.74, 6) is 1.87. The van der Waals surface area contributed by atoms with Crippen LogP contribution in [0.25, 0.3) is 126 Å². The second-order valence-electron chi connectivity index (χ2n) is 16.2. The van der Waals surface area contributed by atoms with E-state index in [1.54, 1.807) is 0 Å². The van der Waals surface area contributed by atoms with Gasteiger partial charge in [-0.2, -0.15) is 0 Å². The molecule has 13 rings (SSSR count). The quantitative estimate of drug-likeness (QED) is 0.167. The third-order valence-corrected chi connectivity index (χ3v) is 13.6. The predicted molar refractivity (Wildman–Crippen MR) is 267 cm³/mol. The maximum atomic E-state index is 5.48. The maximum Gasteiger partial charge on any atom is 0.164 e. The summed E-state index contributed by atoms with van der Waals surface area (Å²) in [6, 6.07) is 74.9. The lowest BCUT2D eigenvalue weighted by Crippen LogP contribution is -2.00. The van der Waals surface area contributed by atoms with Gasteiger partial charge < -0.3 is 4.57 Å². The Kier molecular flexibility index (Phi) is 8.32. The fraction of sp³-hybridized carbons (Fsp3) is 0. The lowest BCUT2D eigenvalue weighted by molar-refractivity contribution is 1.07. The van der Waals surface area contributed by atoms with Crippen LogP contribution in [-0.2, 0) is 0 Å². The van der Waals surface area contributed by atoms with E-state index in [1.807, 2.05) is 41.7 Å². The van der Waals surface area contributed by atoms with E-state index in [0.29, 0.717) is 17.5 Å². The molecule has 6 heteroatoms. The molecule has 0 unspecified atom stereocenters. The summed E-state index contributed by atoms with van der Waals surface area (Å²) < 4.78 is 4.80. The number of rotatable bonds is 6. The molecule has 4 aromatic heterocycles. The molecule has 0 aliphatic carbocycles. The van der Waals surface area contributed by atoms with Gasteiger partial charge in [0.05, 0.1) is 26.9 Å². The summed E-state index contributed by atoms with van der Waals surface area (Å²) in [6.07, 6.45) is 0. The first-order chi connectivity index (χ1) is 31.7. The second kappa shape index (κ2) is 14.7. The Morgan fingerprint density at radius 1 is 0.359 bits per heavy atom. The van der Waals surface area contributed by atoms with E-state index >= 15 is 0 Å². The van der Waals surface area contributed by atoms with Gasteiger partial charge in [-0.25, -0.2) is 19.9 Å². The van der Waals surface area contributed by atoms with Crippen molar-refractivity contribution < 1.29 is 0 Å². The molecule has 0 amide bonds. The van der Waals surface area contributed by atoms with Crippen molar-refractivity contribution in [3.63, 3.8) is 0 Å². The Morgan fingerprint density at radius 3 is 1.59 bits per heavy atom. The first-order valence-electron chi connectivity index (χ1n) is 21.5. The van der Waals surface area contributed by atoms with Gasteiger partial charge >= 0.3 is 0 Å². The fourth-order valence-corrected chi connectivity index (χ4v) is 10.6. The van der Waals surface area contributed by atoms with Crippen LogP contribution in [0.5, 0.6) is 0 Å². The van der Waals surface area contributed by atoms with E-state index in [0.717, 1.165) is 55.7 Å². The third kappa shape index (κ3) is 5.92. The van der Waals surface area contributed by atoms with E-state index in [1.165, 1.54) is 52.8 Å². The molecule has 0 aliphatic heterocycles. The van der Waals surface area contributed by atoms with Gasteiger partial charge in [-0.15, -0.1) is 11.3 Å². The standard InChI is InChI=1S/C58H35N5S/c1-2-14-38(15-3-1)56-60-57(62-58(61-56)40-29-32-42(33-30-40)63-50-22-9-6-18-44(50)45-19-7-10-23-51(45)63)39-27-25-36(26-28-39)41-31-34-47-49(35-41)59-54(46-21-12-16-37-13-4-5-17-43(37)46)55-53(47)48-20-8-11-24-52(48)64-55/h1-35H. The van der Waals surface area contributed by atoms with Gasteiger partial charge in [-0.3, -0.25) is 0 Å². The molecule has 9 aromatic carbocycles. The van der Waals surface area contributed by atoms with Gasteiger partial charge in [0.15, 0.2) is 17.5 Å². The van der Waals surface area contributed by atoms with Gasteiger partial charge in [0.2, 0.25) is 0 Å². The molecule has 0 saturated carbocycles. The molecular weight excluding hydrogens is 799 g/mol. The molecule has 5 nitrogen and oxygen atoms in total. The number of aromatic nitrogens is 5. The SMILES string of the molecule is c1ccc(-c2nc(-c3ccc(-c4ccc5c(c4)nc(-c4cccc6ccccc46)c4sc6ccccc6c45)cc3)nc(-c3ccc(-n4c5ccccc5c5ccccc54)cc3)n2)cc1. The highest BCUT2D eigenvalue weighted by molar-refractivity contribution is 7.26. The summed E-state index contributed by atoms with van der Waals surface area (Å²) in [6.45, 7) is 0. The number of benzene rings is 9. The number of hydrogen-bond donors (Lipinski definition) is 0. The van der Waals surface area contributed by atoms with Crippen LogP contribution in [0.1, 0.15) is 0 Å². The van der Waals surface area contributed by atoms with Crippen molar-refractivity contribution in [2.75, 3.05) is 0 Å². The molecule has 0 saturated heterocycles. The molecule has 298 valence electrons. The summed E-state index contributed by atoms with van der Waals surface area (Å²) in [5, 5.41) is 8.57. The van der Waals surface area contributed by atoms with Crippen molar-refractivity contribution >= 4 is 75.0 Å². The predicted octanol–water partition coefficient (Wildman–Crippen LogP) is 15.4.